The van der Waals surface area contributed by atoms with E-state index in [0.717, 1.165) is 24.1 Å². The van der Waals surface area contributed by atoms with Gasteiger partial charge in [-0.05, 0) is 36.6 Å². The van der Waals surface area contributed by atoms with E-state index in [9.17, 15) is 19.8 Å². The van der Waals surface area contributed by atoms with Crippen LogP contribution in [0.3, 0.4) is 0 Å². The molecule has 25 heavy (non-hydrogen) atoms. The van der Waals surface area contributed by atoms with Gasteiger partial charge in [-0.25, -0.2) is 0 Å². The number of nitrogens with one attached hydrogen (secondary N) is 2. The molecule has 0 saturated carbocycles. The fourth-order valence-corrected chi connectivity index (χ4v) is 2.77. The van der Waals surface area contributed by atoms with Gasteiger partial charge in [-0.2, -0.15) is 5.10 Å². The number of benzene rings is 1. The van der Waals surface area contributed by atoms with Crippen LogP contribution in [0, 0.1) is 0 Å². The summed E-state index contributed by atoms with van der Waals surface area (Å²) in [6.07, 6.45) is -0.213. The van der Waals surface area contributed by atoms with Crippen molar-refractivity contribution in [3.63, 3.8) is 0 Å². The van der Waals surface area contributed by atoms with Crippen molar-refractivity contribution in [3.05, 3.63) is 36.5 Å². The number of H-pyrrole nitrogens is 1. The maximum atomic E-state index is 12.1. The summed E-state index contributed by atoms with van der Waals surface area (Å²) in [5.74, 6) is -1.44. The van der Waals surface area contributed by atoms with Crippen LogP contribution in [0.1, 0.15) is 12.8 Å². The molecule has 2 amide bonds. The highest BCUT2D eigenvalue weighted by Gasteiger charge is 2.34. The monoisotopic (exact) mass is 344 g/mol. The van der Waals surface area contributed by atoms with Crippen LogP contribution >= 0.6 is 0 Å². The first kappa shape index (κ1) is 17.1. The summed E-state index contributed by atoms with van der Waals surface area (Å²) in [6.45, 7) is 1.08. The second-order valence-corrected chi connectivity index (χ2v) is 5.96. The molecule has 3 rings (SSSR count). The zero-order valence-corrected chi connectivity index (χ0v) is 13.6. The molecule has 1 aromatic heterocycles. The molecule has 1 aliphatic heterocycles. The van der Waals surface area contributed by atoms with E-state index in [1.807, 2.05) is 6.07 Å². The number of anilines is 1. The third kappa shape index (κ3) is 3.86. The first-order chi connectivity index (χ1) is 12.1. The minimum absolute atomic E-state index is 0.452. The number of nitrogens with zero attached hydrogens (tertiary/aromatic N) is 2. The molecule has 1 aromatic carbocycles. The normalized spacial score (nSPS) is 16.5. The Morgan fingerprint density at radius 1 is 1.08 bits per heavy atom. The maximum Gasteiger partial charge on any atom is 0.256 e. The summed E-state index contributed by atoms with van der Waals surface area (Å²) >= 11 is 0. The van der Waals surface area contributed by atoms with Crippen LogP contribution in [0.15, 0.2) is 36.5 Å². The molecule has 0 radical (unpaired) electrons. The highest BCUT2D eigenvalue weighted by atomic mass is 16.3. The molecule has 0 bridgehead atoms. The van der Waals surface area contributed by atoms with Gasteiger partial charge in [0.1, 0.15) is 0 Å². The minimum atomic E-state index is -1.82. The first-order valence-corrected chi connectivity index (χ1v) is 8.12. The second kappa shape index (κ2) is 7.45. The average molecular weight is 344 g/mol. The van der Waals surface area contributed by atoms with Gasteiger partial charge in [-0.1, -0.05) is 12.1 Å². The molecule has 2 aromatic rings. The third-order valence-corrected chi connectivity index (χ3v) is 4.20. The van der Waals surface area contributed by atoms with Crippen LogP contribution in [0.2, 0.25) is 0 Å². The van der Waals surface area contributed by atoms with Gasteiger partial charge >= 0.3 is 0 Å². The molecule has 1 aliphatic rings. The lowest BCUT2D eigenvalue weighted by Crippen LogP contribution is -2.48. The third-order valence-electron chi connectivity index (χ3n) is 4.20. The Hall–Kier alpha value is -2.71. The summed E-state index contributed by atoms with van der Waals surface area (Å²) in [6, 6.07) is 8.70. The molecule has 8 heteroatoms. The molecule has 0 aliphatic carbocycles. The van der Waals surface area contributed by atoms with Gasteiger partial charge in [0.25, 0.3) is 11.8 Å². The van der Waals surface area contributed by atoms with Gasteiger partial charge in [-0.15, -0.1) is 0 Å². The van der Waals surface area contributed by atoms with E-state index >= 15 is 0 Å². The number of hydrogen-bond donors (Lipinski definition) is 4. The SMILES string of the molecule is O=C(Nc1ccc(-c2ccn[nH]2)cc1)[C@H](O)[C@@H](O)C(=O)N1CCCC1. The molecule has 8 nitrogen and oxygen atoms in total. The number of rotatable bonds is 5. The van der Waals surface area contributed by atoms with Crippen molar-refractivity contribution < 1.29 is 19.8 Å². The van der Waals surface area contributed by atoms with E-state index in [1.165, 1.54) is 4.90 Å². The topological polar surface area (TPSA) is 119 Å². The summed E-state index contributed by atoms with van der Waals surface area (Å²) in [4.78, 5) is 25.6. The van der Waals surface area contributed by atoms with Crippen LogP contribution in [-0.2, 0) is 9.59 Å². The Balaban J connectivity index is 1.60. The van der Waals surface area contributed by atoms with Crippen molar-refractivity contribution in [1.82, 2.24) is 15.1 Å². The number of aromatic nitrogens is 2. The summed E-state index contributed by atoms with van der Waals surface area (Å²) < 4.78 is 0. The van der Waals surface area contributed by atoms with Gasteiger partial charge in [0, 0.05) is 25.0 Å². The van der Waals surface area contributed by atoms with Crippen molar-refractivity contribution in [1.29, 1.82) is 0 Å². The van der Waals surface area contributed by atoms with E-state index in [1.54, 1.807) is 30.5 Å². The Morgan fingerprint density at radius 3 is 2.36 bits per heavy atom. The smallest absolute Gasteiger partial charge is 0.256 e. The predicted octanol–water partition coefficient (Wildman–Crippen LogP) is 0.359. The van der Waals surface area contributed by atoms with E-state index < -0.39 is 24.0 Å². The number of amides is 2. The summed E-state index contributed by atoms with van der Waals surface area (Å²) in [5.41, 5.74) is 2.18. The predicted molar refractivity (Wildman–Crippen MR) is 90.5 cm³/mol. The summed E-state index contributed by atoms with van der Waals surface area (Å²) in [5, 5.41) is 29.1. The van der Waals surface area contributed by atoms with Crippen molar-refractivity contribution in [2.75, 3.05) is 18.4 Å². The number of aromatic amines is 1. The Kier molecular flexibility index (Phi) is 5.11. The molecule has 132 valence electrons. The van der Waals surface area contributed by atoms with Crippen LogP contribution in [-0.4, -0.2) is 62.4 Å². The zero-order chi connectivity index (χ0) is 17.8. The Morgan fingerprint density at radius 2 is 1.76 bits per heavy atom. The number of carbonyl (C=O) groups excluding carboxylic acids is 2. The van der Waals surface area contributed by atoms with E-state index in [4.69, 9.17) is 0 Å². The summed E-state index contributed by atoms with van der Waals surface area (Å²) in [7, 11) is 0. The standard InChI is InChI=1S/C17H20N4O4/c22-14(15(23)17(25)21-9-1-2-10-21)16(24)19-12-5-3-11(4-6-12)13-7-8-18-20-13/h3-8,14-15,22-23H,1-2,9-10H2,(H,18,20)(H,19,24)/t14-,15-/m1/s1. The van der Waals surface area contributed by atoms with Crippen LogP contribution in [0.5, 0.6) is 0 Å². The number of carbonyl (C=O) groups is 2. The van der Waals surface area contributed by atoms with Gasteiger partial charge in [0.05, 0.1) is 5.69 Å². The average Bonchev–Trinajstić information content (AvgIpc) is 3.34. The number of aliphatic hydroxyl groups is 2. The molecule has 2 heterocycles. The quantitative estimate of drug-likeness (QED) is 0.624. The van der Waals surface area contributed by atoms with Gasteiger partial charge < -0.3 is 20.4 Å². The largest absolute Gasteiger partial charge is 0.380 e. The van der Waals surface area contributed by atoms with Gasteiger partial charge in [-0.3, -0.25) is 14.7 Å². The molecule has 2 atom stereocenters. The number of aliphatic hydroxyl groups excluding tert-OH is 2. The molecule has 4 N–H and O–H groups in total. The first-order valence-electron chi connectivity index (χ1n) is 8.12. The second-order valence-electron chi connectivity index (χ2n) is 5.96. The van der Waals surface area contributed by atoms with Gasteiger partial charge in [0.15, 0.2) is 12.2 Å². The lowest BCUT2D eigenvalue weighted by atomic mass is 10.1. The fraction of sp³-hybridized carbons (Fsp3) is 0.353. The van der Waals surface area contributed by atoms with Crippen molar-refractivity contribution in [2.24, 2.45) is 0 Å². The maximum absolute atomic E-state index is 12.1. The van der Waals surface area contributed by atoms with Crippen LogP contribution < -0.4 is 5.32 Å². The van der Waals surface area contributed by atoms with Crippen molar-refractivity contribution in [2.45, 2.75) is 25.0 Å². The molecule has 1 saturated heterocycles. The molecular weight excluding hydrogens is 324 g/mol. The van der Waals surface area contributed by atoms with E-state index in [2.05, 4.69) is 15.5 Å². The van der Waals surface area contributed by atoms with Gasteiger partial charge in [0.2, 0.25) is 0 Å². The Bertz CT molecular complexity index is 724. The number of likely N-dealkylation sites (tertiary alicyclic amines) is 1. The fourth-order valence-electron chi connectivity index (χ4n) is 2.77. The van der Waals surface area contributed by atoms with E-state index in [0.29, 0.717) is 18.8 Å². The minimum Gasteiger partial charge on any atom is -0.380 e. The zero-order valence-electron chi connectivity index (χ0n) is 13.6. The highest BCUT2D eigenvalue weighted by Crippen LogP contribution is 2.19. The van der Waals surface area contributed by atoms with Crippen molar-refractivity contribution in [3.8, 4) is 11.3 Å². The number of hydrogen-bond acceptors (Lipinski definition) is 5. The molecule has 0 spiro atoms. The highest BCUT2D eigenvalue weighted by molar-refractivity contribution is 5.98. The molecule has 1 fully saturated rings. The van der Waals surface area contributed by atoms with Crippen LogP contribution in [0.25, 0.3) is 11.3 Å². The van der Waals surface area contributed by atoms with E-state index in [-0.39, 0.29) is 0 Å². The molecular formula is C17H20N4O4. The van der Waals surface area contributed by atoms with Crippen LogP contribution in [0.4, 0.5) is 5.69 Å². The lowest BCUT2D eigenvalue weighted by molar-refractivity contribution is -0.150. The molecule has 0 unspecified atom stereocenters. The van der Waals surface area contributed by atoms with Crippen molar-refractivity contribution >= 4 is 17.5 Å². The lowest BCUT2D eigenvalue weighted by Gasteiger charge is -2.22. The Labute approximate surface area is 144 Å².